The molecule has 1 aromatic carbocycles. The summed E-state index contributed by atoms with van der Waals surface area (Å²) >= 11 is 17.5. The molecular weight excluding hydrogens is 263 g/mol. The summed E-state index contributed by atoms with van der Waals surface area (Å²) in [5.74, 6) is 0. The van der Waals surface area contributed by atoms with Gasteiger partial charge in [0.2, 0.25) is 0 Å². The maximum atomic E-state index is 8.95. The van der Waals surface area contributed by atoms with Crippen LogP contribution in [0.25, 0.3) is 0 Å². The van der Waals surface area contributed by atoms with Gasteiger partial charge in [-0.25, -0.2) is 0 Å². The molecule has 1 rings (SSSR count). The zero-order valence-corrected chi connectivity index (χ0v) is 10.4. The molecule has 1 aromatic rings. The highest BCUT2D eigenvalue weighted by atomic mass is 35.8. The van der Waals surface area contributed by atoms with E-state index in [4.69, 9.17) is 43.5 Å². The number of rotatable bonds is 3. The van der Waals surface area contributed by atoms with Gasteiger partial charge in [0, 0.05) is 0 Å². The fourth-order valence-corrected chi connectivity index (χ4v) is 2.79. The topological polar surface area (TPSA) is 40.5 Å². The Labute approximate surface area is 97.2 Å². The Bertz CT molecular complexity index is 303. The van der Waals surface area contributed by atoms with Crippen molar-refractivity contribution in [2.45, 2.75) is 13.2 Å². The zero-order chi connectivity index (χ0) is 10.8. The van der Waals surface area contributed by atoms with E-state index in [1.807, 2.05) is 0 Å². The smallest absolute Gasteiger partial charge is 0.372 e. The Morgan fingerprint density at radius 3 is 1.64 bits per heavy atom. The molecule has 78 valence electrons. The van der Waals surface area contributed by atoms with E-state index in [2.05, 4.69) is 0 Å². The Morgan fingerprint density at radius 1 is 0.929 bits per heavy atom. The molecule has 0 atom stereocenters. The fourth-order valence-electron chi connectivity index (χ4n) is 1.11. The van der Waals surface area contributed by atoms with Crippen molar-refractivity contribution in [3.63, 3.8) is 0 Å². The number of benzene rings is 1. The molecule has 0 bridgehead atoms. The predicted octanol–water partition coefficient (Wildman–Crippen LogP) is 1.53. The average Bonchev–Trinajstić information content (AvgIpc) is 2.15. The Kier molecular flexibility index (Phi) is 4.25. The molecule has 0 amide bonds. The monoisotopic (exact) mass is 270 g/mol. The van der Waals surface area contributed by atoms with Crippen molar-refractivity contribution in [3.05, 3.63) is 29.3 Å². The normalized spacial score (nSPS) is 11.8. The highest BCUT2D eigenvalue weighted by Gasteiger charge is 2.28. The maximum Gasteiger partial charge on any atom is 0.372 e. The second-order valence-electron chi connectivity index (χ2n) is 2.85. The molecule has 0 heterocycles. The minimum Gasteiger partial charge on any atom is -0.392 e. The van der Waals surface area contributed by atoms with Crippen molar-refractivity contribution in [3.8, 4) is 0 Å². The molecule has 6 heteroatoms. The van der Waals surface area contributed by atoms with E-state index in [1.54, 1.807) is 18.2 Å². The number of aliphatic hydroxyl groups is 2. The molecule has 0 fully saturated rings. The summed E-state index contributed by atoms with van der Waals surface area (Å²) in [5.41, 5.74) is 1.29. The van der Waals surface area contributed by atoms with Crippen LogP contribution in [0.2, 0.25) is 0 Å². The van der Waals surface area contributed by atoms with Crippen LogP contribution in [0.4, 0.5) is 0 Å². The maximum absolute atomic E-state index is 8.95. The lowest BCUT2D eigenvalue weighted by Crippen LogP contribution is -2.30. The molecule has 0 aromatic heterocycles. The van der Waals surface area contributed by atoms with Gasteiger partial charge in [-0.1, -0.05) is 18.2 Å². The molecule has 0 spiro atoms. The van der Waals surface area contributed by atoms with Gasteiger partial charge in [0.05, 0.1) is 13.2 Å². The standard InChI is InChI=1S/C8H9Cl3O2Si/c9-14(10,11)8-2-6(4-12)1-7(3-8)5-13/h1-3,12-13H,4-5H2. The van der Waals surface area contributed by atoms with Gasteiger partial charge in [-0.2, -0.15) is 0 Å². The third-order valence-corrected chi connectivity index (χ3v) is 4.65. The first-order valence-electron chi connectivity index (χ1n) is 3.89. The Morgan fingerprint density at radius 2 is 1.36 bits per heavy atom. The third kappa shape index (κ3) is 3.12. The number of halogens is 3. The molecule has 0 unspecified atom stereocenters. The highest BCUT2D eigenvalue weighted by molar-refractivity contribution is 7.69. The third-order valence-electron chi connectivity index (χ3n) is 1.75. The van der Waals surface area contributed by atoms with Gasteiger partial charge in [-0.3, -0.25) is 0 Å². The lowest BCUT2D eigenvalue weighted by molar-refractivity contribution is 0.275. The number of hydrogen-bond acceptors (Lipinski definition) is 2. The SMILES string of the molecule is OCc1cc(CO)cc([Si](Cl)(Cl)Cl)c1. The van der Waals surface area contributed by atoms with E-state index >= 15 is 0 Å². The Hall–Kier alpha value is 0.227. The van der Waals surface area contributed by atoms with Crippen molar-refractivity contribution < 1.29 is 10.2 Å². The highest BCUT2D eigenvalue weighted by Crippen LogP contribution is 2.21. The largest absolute Gasteiger partial charge is 0.392 e. The van der Waals surface area contributed by atoms with Crippen LogP contribution in [0.3, 0.4) is 0 Å². The van der Waals surface area contributed by atoms with E-state index in [0.717, 1.165) is 0 Å². The summed E-state index contributed by atoms with van der Waals surface area (Å²) in [7, 11) is 0. The van der Waals surface area contributed by atoms with Gasteiger partial charge in [0.1, 0.15) is 0 Å². The van der Waals surface area contributed by atoms with Gasteiger partial charge in [0.25, 0.3) is 0 Å². The first-order valence-corrected chi connectivity index (χ1v) is 8.92. The van der Waals surface area contributed by atoms with Crippen LogP contribution in [0, 0.1) is 0 Å². The van der Waals surface area contributed by atoms with Crippen molar-refractivity contribution >= 4 is 44.4 Å². The second-order valence-corrected chi connectivity index (χ2v) is 11.3. The van der Waals surface area contributed by atoms with Crippen LogP contribution in [0.5, 0.6) is 0 Å². The van der Waals surface area contributed by atoms with E-state index in [1.165, 1.54) is 0 Å². The summed E-state index contributed by atoms with van der Waals surface area (Å²) in [6.45, 7) is -0.258. The lowest BCUT2D eigenvalue weighted by atomic mass is 10.1. The molecule has 0 aliphatic rings. The van der Waals surface area contributed by atoms with Crippen molar-refractivity contribution in [1.29, 1.82) is 0 Å². The van der Waals surface area contributed by atoms with Crippen molar-refractivity contribution in [2.24, 2.45) is 0 Å². The number of aliphatic hydroxyl groups excluding tert-OH is 2. The first kappa shape index (κ1) is 12.3. The zero-order valence-electron chi connectivity index (χ0n) is 7.17. The molecule has 0 saturated carbocycles. The van der Waals surface area contributed by atoms with Crippen LogP contribution in [-0.2, 0) is 13.2 Å². The lowest BCUT2D eigenvalue weighted by Gasteiger charge is -2.11. The van der Waals surface area contributed by atoms with Gasteiger partial charge >= 0.3 is 6.00 Å². The van der Waals surface area contributed by atoms with Crippen LogP contribution in [0.15, 0.2) is 18.2 Å². The van der Waals surface area contributed by atoms with Gasteiger partial charge in [-0.15, -0.1) is 33.2 Å². The quantitative estimate of drug-likeness (QED) is 0.647. The minimum atomic E-state index is -2.93. The molecule has 0 saturated heterocycles. The van der Waals surface area contributed by atoms with Crippen molar-refractivity contribution in [2.75, 3.05) is 0 Å². The summed E-state index contributed by atoms with van der Waals surface area (Å²) in [5, 5.41) is 18.5. The minimum absolute atomic E-state index is 0.129. The predicted molar refractivity (Wildman–Crippen MR) is 61.2 cm³/mol. The summed E-state index contributed by atoms with van der Waals surface area (Å²) < 4.78 is 0. The van der Waals surface area contributed by atoms with E-state index < -0.39 is 6.00 Å². The summed E-state index contributed by atoms with van der Waals surface area (Å²) in [6, 6.07) is 2.04. The summed E-state index contributed by atoms with van der Waals surface area (Å²) in [6.07, 6.45) is 0. The van der Waals surface area contributed by atoms with Crippen LogP contribution < -0.4 is 5.19 Å². The molecule has 0 aliphatic heterocycles. The first-order chi connectivity index (χ1) is 6.47. The molecule has 14 heavy (non-hydrogen) atoms. The number of hydrogen-bond donors (Lipinski definition) is 2. The van der Waals surface area contributed by atoms with Crippen LogP contribution in [-0.4, -0.2) is 16.2 Å². The molecular formula is C8H9Cl3O2Si. The van der Waals surface area contributed by atoms with Gasteiger partial charge < -0.3 is 10.2 Å². The van der Waals surface area contributed by atoms with Crippen LogP contribution in [0.1, 0.15) is 11.1 Å². The van der Waals surface area contributed by atoms with Gasteiger partial charge in [0.15, 0.2) is 0 Å². The van der Waals surface area contributed by atoms with E-state index in [-0.39, 0.29) is 13.2 Å². The van der Waals surface area contributed by atoms with Crippen LogP contribution >= 0.6 is 33.2 Å². The second kappa shape index (κ2) is 4.83. The van der Waals surface area contributed by atoms with Gasteiger partial charge in [-0.05, 0) is 16.3 Å². The van der Waals surface area contributed by atoms with E-state index in [9.17, 15) is 0 Å². The molecule has 0 aliphatic carbocycles. The molecule has 0 radical (unpaired) electrons. The fraction of sp³-hybridized carbons (Fsp3) is 0.250. The van der Waals surface area contributed by atoms with E-state index in [0.29, 0.717) is 16.3 Å². The average molecular weight is 272 g/mol. The molecule has 2 nitrogen and oxygen atoms in total. The molecule has 2 N–H and O–H groups in total. The Balaban J connectivity index is 3.17. The summed E-state index contributed by atoms with van der Waals surface area (Å²) in [4.78, 5) is 0. The van der Waals surface area contributed by atoms with Crippen molar-refractivity contribution in [1.82, 2.24) is 0 Å².